The van der Waals surface area contributed by atoms with Crippen molar-refractivity contribution >= 4 is 11.8 Å². The number of carbonyl (C=O) groups excluding carboxylic acids is 2. The third-order valence-corrected chi connectivity index (χ3v) is 3.27. The molecule has 0 saturated heterocycles. The number of hydrogen-bond donors (Lipinski definition) is 0. The third kappa shape index (κ3) is 3.05. The van der Waals surface area contributed by atoms with Crippen molar-refractivity contribution in [3.05, 3.63) is 0 Å². The van der Waals surface area contributed by atoms with E-state index in [1.807, 2.05) is 13.8 Å². The highest BCUT2D eigenvalue weighted by atomic mass is 16.5. The second-order valence-electron chi connectivity index (χ2n) is 4.63. The van der Waals surface area contributed by atoms with Crippen LogP contribution in [-0.2, 0) is 14.3 Å². The zero-order valence-corrected chi connectivity index (χ0v) is 9.79. The van der Waals surface area contributed by atoms with Crippen molar-refractivity contribution in [2.24, 2.45) is 17.8 Å². The zero-order valence-electron chi connectivity index (χ0n) is 9.79. The van der Waals surface area contributed by atoms with Crippen molar-refractivity contribution in [1.82, 2.24) is 0 Å². The molecule has 0 N–H and O–H groups in total. The van der Waals surface area contributed by atoms with Gasteiger partial charge in [-0.1, -0.05) is 20.3 Å². The van der Waals surface area contributed by atoms with Crippen molar-refractivity contribution in [3.8, 4) is 0 Å². The monoisotopic (exact) mass is 212 g/mol. The molecule has 1 unspecified atom stereocenters. The lowest BCUT2D eigenvalue weighted by molar-refractivity contribution is -0.146. The predicted molar refractivity (Wildman–Crippen MR) is 57.3 cm³/mol. The van der Waals surface area contributed by atoms with E-state index < -0.39 is 0 Å². The highest BCUT2D eigenvalue weighted by Crippen LogP contribution is 2.37. The number of ether oxygens (including phenoxy) is 1. The molecule has 1 aliphatic carbocycles. The third-order valence-electron chi connectivity index (χ3n) is 3.27. The van der Waals surface area contributed by atoms with Crippen molar-refractivity contribution in [3.63, 3.8) is 0 Å². The molecule has 0 bridgehead atoms. The van der Waals surface area contributed by atoms with Gasteiger partial charge < -0.3 is 4.74 Å². The van der Waals surface area contributed by atoms with Gasteiger partial charge in [-0.05, 0) is 18.8 Å². The van der Waals surface area contributed by atoms with Gasteiger partial charge in [0.2, 0.25) is 0 Å². The molecule has 1 rings (SSSR count). The maximum atomic E-state index is 11.9. The number of ketones is 1. The number of Topliss-reactive ketones (excluding diaryl/α,β-unsaturated/α-hetero) is 1. The minimum atomic E-state index is -0.263. The van der Waals surface area contributed by atoms with Crippen LogP contribution in [0, 0.1) is 17.8 Å². The molecule has 0 aliphatic heterocycles. The highest BCUT2D eigenvalue weighted by Gasteiger charge is 2.35. The molecule has 1 atom stereocenters. The Labute approximate surface area is 91.2 Å². The summed E-state index contributed by atoms with van der Waals surface area (Å²) in [7, 11) is 1.38. The van der Waals surface area contributed by atoms with Crippen LogP contribution in [0.2, 0.25) is 0 Å². The Bertz CT molecular complexity index is 241. The summed E-state index contributed by atoms with van der Waals surface area (Å²) in [6.07, 6.45) is 3.62. The number of esters is 1. The summed E-state index contributed by atoms with van der Waals surface area (Å²) in [5.74, 6) is 0.274. The SMILES string of the molecule is COC(=O)CC(C(=O)C(C)C)C1CCC1. The van der Waals surface area contributed by atoms with Gasteiger partial charge in [-0.25, -0.2) is 0 Å². The lowest BCUT2D eigenvalue weighted by Crippen LogP contribution is -2.33. The van der Waals surface area contributed by atoms with E-state index >= 15 is 0 Å². The standard InChI is InChI=1S/C12H20O3/c1-8(2)12(14)10(7-11(13)15-3)9-5-4-6-9/h8-10H,4-7H2,1-3H3. The smallest absolute Gasteiger partial charge is 0.306 e. The average Bonchev–Trinajstić information content (AvgIpc) is 2.12. The van der Waals surface area contributed by atoms with Gasteiger partial charge in [0.05, 0.1) is 13.5 Å². The maximum absolute atomic E-state index is 11.9. The van der Waals surface area contributed by atoms with Gasteiger partial charge >= 0.3 is 5.97 Å². The Morgan fingerprint density at radius 2 is 1.93 bits per heavy atom. The molecule has 3 nitrogen and oxygen atoms in total. The van der Waals surface area contributed by atoms with E-state index in [1.165, 1.54) is 13.5 Å². The predicted octanol–water partition coefficient (Wildman–Crippen LogP) is 2.19. The Morgan fingerprint density at radius 1 is 1.33 bits per heavy atom. The Hall–Kier alpha value is -0.860. The van der Waals surface area contributed by atoms with Gasteiger partial charge in [-0.15, -0.1) is 0 Å². The van der Waals surface area contributed by atoms with Crippen molar-refractivity contribution in [2.75, 3.05) is 7.11 Å². The minimum Gasteiger partial charge on any atom is -0.469 e. The topological polar surface area (TPSA) is 43.4 Å². The summed E-state index contributed by atoms with van der Waals surface area (Å²) in [6.45, 7) is 3.79. The normalized spacial score (nSPS) is 18.4. The minimum absolute atomic E-state index is 0.0141. The van der Waals surface area contributed by atoms with Crippen molar-refractivity contribution in [1.29, 1.82) is 0 Å². The van der Waals surface area contributed by atoms with E-state index in [2.05, 4.69) is 4.74 Å². The molecule has 0 heterocycles. The van der Waals surface area contributed by atoms with Crippen LogP contribution in [0.4, 0.5) is 0 Å². The van der Waals surface area contributed by atoms with Crippen molar-refractivity contribution in [2.45, 2.75) is 39.5 Å². The van der Waals surface area contributed by atoms with Crippen LogP contribution in [0.25, 0.3) is 0 Å². The van der Waals surface area contributed by atoms with Gasteiger partial charge in [-0.2, -0.15) is 0 Å². The molecule has 3 heteroatoms. The molecule has 1 saturated carbocycles. The van der Waals surface area contributed by atoms with Gasteiger partial charge in [0.25, 0.3) is 0 Å². The lowest BCUT2D eigenvalue weighted by Gasteiger charge is -2.33. The first-order chi connectivity index (χ1) is 7.06. The van der Waals surface area contributed by atoms with Gasteiger partial charge in [0, 0.05) is 11.8 Å². The Morgan fingerprint density at radius 3 is 2.27 bits per heavy atom. The fourth-order valence-electron chi connectivity index (χ4n) is 2.03. The molecule has 0 spiro atoms. The molecule has 86 valence electrons. The van der Waals surface area contributed by atoms with E-state index in [-0.39, 0.29) is 30.0 Å². The van der Waals surface area contributed by atoms with Crippen LogP contribution < -0.4 is 0 Å². The fraction of sp³-hybridized carbons (Fsp3) is 0.833. The van der Waals surface area contributed by atoms with E-state index in [1.54, 1.807) is 0 Å². The molecule has 1 fully saturated rings. The lowest BCUT2D eigenvalue weighted by atomic mass is 9.71. The molecule has 0 aromatic rings. The van der Waals surface area contributed by atoms with Crippen LogP contribution in [0.3, 0.4) is 0 Å². The first-order valence-electron chi connectivity index (χ1n) is 5.66. The van der Waals surface area contributed by atoms with Gasteiger partial charge in [0.15, 0.2) is 0 Å². The number of rotatable bonds is 5. The molecule has 0 aromatic carbocycles. The van der Waals surface area contributed by atoms with E-state index in [0.717, 1.165) is 12.8 Å². The summed E-state index contributed by atoms with van der Waals surface area (Å²) >= 11 is 0. The summed E-state index contributed by atoms with van der Waals surface area (Å²) in [5, 5.41) is 0. The van der Waals surface area contributed by atoms with Gasteiger partial charge in [-0.3, -0.25) is 9.59 Å². The van der Waals surface area contributed by atoms with Gasteiger partial charge in [0.1, 0.15) is 5.78 Å². The first kappa shape index (κ1) is 12.2. The Balaban J connectivity index is 2.60. The molecule has 0 aromatic heterocycles. The molecule has 0 radical (unpaired) electrons. The van der Waals surface area contributed by atoms with Crippen LogP contribution in [-0.4, -0.2) is 18.9 Å². The molecule has 0 amide bonds. The second-order valence-corrected chi connectivity index (χ2v) is 4.63. The number of methoxy groups -OCH3 is 1. The second kappa shape index (κ2) is 5.29. The summed E-state index contributed by atoms with van der Waals surface area (Å²) < 4.78 is 4.64. The number of carbonyl (C=O) groups is 2. The summed E-state index contributed by atoms with van der Waals surface area (Å²) in [6, 6.07) is 0. The molecular weight excluding hydrogens is 192 g/mol. The van der Waals surface area contributed by atoms with E-state index in [0.29, 0.717) is 5.92 Å². The first-order valence-corrected chi connectivity index (χ1v) is 5.66. The average molecular weight is 212 g/mol. The quantitative estimate of drug-likeness (QED) is 0.656. The van der Waals surface area contributed by atoms with Crippen LogP contribution in [0.15, 0.2) is 0 Å². The van der Waals surface area contributed by atoms with Crippen molar-refractivity contribution < 1.29 is 14.3 Å². The molecule has 1 aliphatic rings. The maximum Gasteiger partial charge on any atom is 0.306 e. The largest absolute Gasteiger partial charge is 0.469 e. The van der Waals surface area contributed by atoms with E-state index in [9.17, 15) is 9.59 Å². The fourth-order valence-corrected chi connectivity index (χ4v) is 2.03. The number of hydrogen-bond acceptors (Lipinski definition) is 3. The zero-order chi connectivity index (χ0) is 11.4. The summed E-state index contributed by atoms with van der Waals surface area (Å²) in [4.78, 5) is 23.1. The summed E-state index contributed by atoms with van der Waals surface area (Å²) in [5.41, 5.74) is 0. The Kier molecular flexibility index (Phi) is 4.30. The van der Waals surface area contributed by atoms with Crippen LogP contribution >= 0.6 is 0 Å². The van der Waals surface area contributed by atoms with Crippen LogP contribution in [0.1, 0.15) is 39.5 Å². The highest BCUT2D eigenvalue weighted by molar-refractivity contribution is 5.87. The van der Waals surface area contributed by atoms with Crippen LogP contribution in [0.5, 0.6) is 0 Å². The molecule has 15 heavy (non-hydrogen) atoms. The molecular formula is C12H20O3. The van der Waals surface area contributed by atoms with E-state index in [4.69, 9.17) is 0 Å².